The Balaban J connectivity index is 1.76. The van der Waals surface area contributed by atoms with Crippen LogP contribution in [0.1, 0.15) is 36.6 Å². The van der Waals surface area contributed by atoms with Crippen molar-refractivity contribution < 1.29 is 23.7 Å². The second-order valence-corrected chi connectivity index (χ2v) is 10.9. The Morgan fingerprint density at radius 3 is 2.50 bits per heavy atom. The summed E-state index contributed by atoms with van der Waals surface area (Å²) in [5.41, 5.74) is 2.41. The van der Waals surface area contributed by atoms with E-state index in [-0.39, 0.29) is 29.4 Å². The Labute approximate surface area is 263 Å². The largest absolute Gasteiger partial charge is 0.497 e. The molecule has 0 saturated heterocycles. The number of hydrogen-bond acceptors (Lipinski definition) is 8. The molecule has 10 heteroatoms. The molecule has 0 unspecified atom stereocenters. The lowest BCUT2D eigenvalue weighted by atomic mass is 9.93. The average Bonchev–Trinajstić information content (AvgIpc) is 3.34. The zero-order chi connectivity index (χ0) is 31.2. The van der Waals surface area contributed by atoms with E-state index in [1.54, 1.807) is 44.4 Å². The molecule has 224 valence electrons. The van der Waals surface area contributed by atoms with Crippen molar-refractivity contribution in [3.8, 4) is 29.6 Å². The Hall–Kier alpha value is -4.78. The smallest absolute Gasteiger partial charge is 0.338 e. The summed E-state index contributed by atoms with van der Waals surface area (Å²) in [6.07, 6.45) is 7.07. The SMILES string of the molecule is C#CCOc1c(Cl)cc(/C=c2\sc3n(c2=O)[C@H](c2ccc(OC)cc2)C(C(=O)OCC)=C(c2ccccc2)N=3)cc1OCC. The normalized spacial score (nSPS) is 14.3. The van der Waals surface area contributed by atoms with E-state index in [0.717, 1.165) is 5.56 Å². The molecule has 1 aromatic heterocycles. The van der Waals surface area contributed by atoms with Gasteiger partial charge in [-0.05, 0) is 55.3 Å². The van der Waals surface area contributed by atoms with Gasteiger partial charge in [0.1, 0.15) is 12.4 Å². The highest BCUT2D eigenvalue weighted by molar-refractivity contribution is 7.07. The molecule has 0 N–H and O–H groups in total. The number of esters is 1. The molecule has 0 radical (unpaired) electrons. The van der Waals surface area contributed by atoms with E-state index in [4.69, 9.17) is 42.0 Å². The van der Waals surface area contributed by atoms with Gasteiger partial charge in [-0.15, -0.1) is 6.42 Å². The summed E-state index contributed by atoms with van der Waals surface area (Å²) >= 11 is 7.76. The second kappa shape index (κ2) is 13.7. The molecule has 3 aromatic carbocycles. The predicted molar refractivity (Wildman–Crippen MR) is 171 cm³/mol. The number of ether oxygens (including phenoxy) is 4. The van der Waals surface area contributed by atoms with Crippen molar-refractivity contribution in [3.05, 3.63) is 114 Å². The van der Waals surface area contributed by atoms with E-state index in [2.05, 4.69) is 5.92 Å². The van der Waals surface area contributed by atoms with Crippen molar-refractivity contribution in [1.82, 2.24) is 4.57 Å². The molecule has 2 heterocycles. The number of carbonyl (C=O) groups excluding carboxylic acids is 1. The van der Waals surface area contributed by atoms with Gasteiger partial charge in [0.15, 0.2) is 16.3 Å². The summed E-state index contributed by atoms with van der Waals surface area (Å²) in [7, 11) is 1.58. The maximum absolute atomic E-state index is 14.2. The van der Waals surface area contributed by atoms with Crippen molar-refractivity contribution in [3.63, 3.8) is 0 Å². The van der Waals surface area contributed by atoms with E-state index in [1.165, 1.54) is 15.9 Å². The van der Waals surface area contributed by atoms with E-state index < -0.39 is 12.0 Å². The molecular weight excluding hydrogens is 600 g/mol. The van der Waals surface area contributed by atoms with Crippen LogP contribution in [0, 0.1) is 12.3 Å². The van der Waals surface area contributed by atoms with Crippen LogP contribution in [0.4, 0.5) is 0 Å². The topological polar surface area (TPSA) is 88.4 Å². The van der Waals surface area contributed by atoms with Crippen LogP contribution < -0.4 is 29.1 Å². The Bertz CT molecular complexity index is 1940. The van der Waals surface area contributed by atoms with E-state index >= 15 is 0 Å². The fraction of sp³-hybridized carbons (Fsp3) is 0.206. The highest BCUT2D eigenvalue weighted by Gasteiger charge is 2.35. The lowest BCUT2D eigenvalue weighted by Gasteiger charge is -2.26. The molecule has 0 amide bonds. The van der Waals surface area contributed by atoms with Crippen LogP contribution in [-0.2, 0) is 9.53 Å². The fourth-order valence-corrected chi connectivity index (χ4v) is 6.16. The quantitative estimate of drug-likeness (QED) is 0.181. The van der Waals surface area contributed by atoms with Gasteiger partial charge in [-0.3, -0.25) is 9.36 Å². The first-order valence-electron chi connectivity index (χ1n) is 13.8. The van der Waals surface area contributed by atoms with Crippen LogP contribution >= 0.6 is 22.9 Å². The van der Waals surface area contributed by atoms with Gasteiger partial charge in [0.05, 0.1) is 47.2 Å². The molecule has 0 aliphatic carbocycles. The van der Waals surface area contributed by atoms with Crippen molar-refractivity contribution >= 4 is 40.7 Å². The number of terminal acetylenes is 1. The van der Waals surface area contributed by atoms with Crippen LogP contribution in [0.2, 0.25) is 5.02 Å². The van der Waals surface area contributed by atoms with Gasteiger partial charge in [0.2, 0.25) is 0 Å². The van der Waals surface area contributed by atoms with Crippen molar-refractivity contribution in [2.24, 2.45) is 4.99 Å². The van der Waals surface area contributed by atoms with Gasteiger partial charge in [-0.25, -0.2) is 9.79 Å². The summed E-state index contributed by atoms with van der Waals surface area (Å²) in [6, 6.07) is 19.2. The molecule has 0 spiro atoms. The number of rotatable bonds is 10. The third-order valence-corrected chi connectivity index (χ3v) is 8.00. The zero-order valence-corrected chi connectivity index (χ0v) is 25.9. The number of nitrogens with zero attached hydrogens (tertiary/aromatic N) is 2. The third-order valence-electron chi connectivity index (χ3n) is 6.73. The Kier molecular flexibility index (Phi) is 9.53. The van der Waals surface area contributed by atoms with Crippen LogP contribution in [-0.4, -0.2) is 37.5 Å². The van der Waals surface area contributed by atoms with Crippen LogP contribution in [0.25, 0.3) is 11.8 Å². The number of aromatic nitrogens is 1. The van der Waals surface area contributed by atoms with Crippen molar-refractivity contribution in [2.75, 3.05) is 26.9 Å². The average molecular weight is 629 g/mol. The Morgan fingerprint density at radius 1 is 1.09 bits per heavy atom. The third kappa shape index (κ3) is 6.13. The number of benzene rings is 3. The zero-order valence-electron chi connectivity index (χ0n) is 24.3. The first kappa shape index (κ1) is 30.7. The first-order chi connectivity index (χ1) is 21.4. The highest BCUT2D eigenvalue weighted by Crippen LogP contribution is 2.38. The fourth-order valence-electron chi connectivity index (χ4n) is 4.88. The number of carbonyl (C=O) groups is 1. The molecule has 5 rings (SSSR count). The number of thiazole rings is 1. The second-order valence-electron chi connectivity index (χ2n) is 9.46. The number of halogens is 1. The molecule has 1 aliphatic rings. The standard InChI is InChI=1S/C34H29ClN2O6S/c1-5-17-43-31-25(35)18-21(19-26(31)41-6-2)20-27-32(38)37-30(23-13-15-24(40-4)16-14-23)28(33(39)42-7-3)29(36-34(37)44-27)22-11-9-8-10-12-22/h1,8-16,18-20,30H,6-7,17H2,2-4H3/b27-20-/t30-/m1/s1. The summed E-state index contributed by atoms with van der Waals surface area (Å²) in [4.78, 5) is 33.1. The minimum Gasteiger partial charge on any atom is -0.497 e. The van der Waals surface area contributed by atoms with Gasteiger partial charge in [-0.1, -0.05) is 71.3 Å². The van der Waals surface area contributed by atoms with Crippen LogP contribution in [0.3, 0.4) is 0 Å². The summed E-state index contributed by atoms with van der Waals surface area (Å²) in [5, 5.41) is 0.289. The number of hydrogen-bond donors (Lipinski definition) is 0. The molecule has 1 atom stereocenters. The molecule has 1 aliphatic heterocycles. The van der Waals surface area contributed by atoms with Gasteiger partial charge in [-0.2, -0.15) is 0 Å². The maximum atomic E-state index is 14.2. The minimum absolute atomic E-state index is 0.0235. The van der Waals surface area contributed by atoms with E-state index in [1.807, 2.05) is 49.4 Å². The Morgan fingerprint density at radius 2 is 1.84 bits per heavy atom. The van der Waals surface area contributed by atoms with E-state index in [9.17, 15) is 9.59 Å². The summed E-state index contributed by atoms with van der Waals surface area (Å²) in [5.74, 6) is 3.24. The molecular formula is C34H29ClN2O6S. The summed E-state index contributed by atoms with van der Waals surface area (Å²) in [6.45, 7) is 4.13. The molecule has 44 heavy (non-hydrogen) atoms. The van der Waals surface area contributed by atoms with Gasteiger partial charge >= 0.3 is 5.97 Å². The highest BCUT2D eigenvalue weighted by atomic mass is 35.5. The van der Waals surface area contributed by atoms with E-state index in [0.29, 0.717) is 50.0 Å². The lowest BCUT2D eigenvalue weighted by molar-refractivity contribution is -0.138. The maximum Gasteiger partial charge on any atom is 0.338 e. The molecule has 4 aromatic rings. The van der Waals surface area contributed by atoms with Gasteiger partial charge in [0, 0.05) is 5.56 Å². The van der Waals surface area contributed by atoms with Gasteiger partial charge < -0.3 is 18.9 Å². The van der Waals surface area contributed by atoms with Crippen LogP contribution in [0.15, 0.2) is 82.1 Å². The minimum atomic E-state index is -0.810. The van der Waals surface area contributed by atoms with Crippen molar-refractivity contribution in [1.29, 1.82) is 0 Å². The molecule has 0 fully saturated rings. The molecule has 0 bridgehead atoms. The summed E-state index contributed by atoms with van der Waals surface area (Å²) < 4.78 is 24.2. The lowest BCUT2D eigenvalue weighted by Crippen LogP contribution is -2.40. The van der Waals surface area contributed by atoms with Gasteiger partial charge in [0.25, 0.3) is 5.56 Å². The first-order valence-corrected chi connectivity index (χ1v) is 15.0. The number of fused-ring (bicyclic) bond motifs is 1. The van der Waals surface area contributed by atoms with Crippen LogP contribution in [0.5, 0.6) is 17.2 Å². The number of methoxy groups -OCH3 is 1. The van der Waals surface area contributed by atoms with Crippen molar-refractivity contribution in [2.45, 2.75) is 19.9 Å². The predicted octanol–water partition coefficient (Wildman–Crippen LogP) is 5.01. The monoisotopic (exact) mass is 628 g/mol. The molecule has 0 saturated carbocycles. The molecule has 8 nitrogen and oxygen atoms in total.